The molecule has 22 heavy (non-hydrogen) atoms. The van der Waals surface area contributed by atoms with Crippen molar-refractivity contribution in [3.8, 4) is 0 Å². The van der Waals surface area contributed by atoms with Gasteiger partial charge in [0.05, 0.1) is 17.4 Å². The van der Waals surface area contributed by atoms with Crippen molar-refractivity contribution >= 4 is 33.5 Å². The monoisotopic (exact) mass is 353 g/mol. The molecule has 0 saturated carbocycles. The van der Waals surface area contributed by atoms with Crippen LogP contribution in [0, 0.1) is 11.3 Å². The molecule has 0 aromatic carbocycles. The first-order valence-electron chi connectivity index (χ1n) is 6.89. The van der Waals surface area contributed by atoms with Crippen LogP contribution in [0.5, 0.6) is 0 Å². The van der Waals surface area contributed by atoms with E-state index in [0.29, 0.717) is 0 Å². The predicted octanol–water partition coefficient (Wildman–Crippen LogP) is 1.01. The Bertz CT molecular complexity index is 576. The Morgan fingerprint density at radius 2 is 1.91 bits per heavy atom. The van der Waals surface area contributed by atoms with Gasteiger partial charge in [0.1, 0.15) is 5.60 Å². The van der Waals surface area contributed by atoms with E-state index in [1.54, 1.807) is 20.8 Å². The number of amides is 1. The lowest BCUT2D eigenvalue weighted by Crippen LogP contribution is -2.63. The fraction of sp³-hybridized carbons (Fsp3) is 0.846. The SMILES string of the molecule is CC(C)(C)OC(=O)N1CC2(C1)CS(=O)(=O)CC2C(=O)OCCl. The molecule has 2 saturated heterocycles. The number of rotatable bonds is 2. The molecule has 126 valence electrons. The van der Waals surface area contributed by atoms with Crippen molar-refractivity contribution < 1.29 is 27.5 Å². The summed E-state index contributed by atoms with van der Waals surface area (Å²) in [5.74, 6) is -1.79. The van der Waals surface area contributed by atoms with Gasteiger partial charge in [-0.2, -0.15) is 0 Å². The Morgan fingerprint density at radius 1 is 1.32 bits per heavy atom. The molecular formula is C13H20ClNO6S. The van der Waals surface area contributed by atoms with E-state index < -0.39 is 38.8 Å². The highest BCUT2D eigenvalue weighted by Gasteiger charge is 2.61. The molecule has 1 amide bonds. The number of ether oxygens (including phenoxy) is 2. The summed E-state index contributed by atoms with van der Waals surface area (Å²) in [5, 5.41) is 0. The molecule has 0 aromatic heterocycles. The molecule has 0 aliphatic carbocycles. The summed E-state index contributed by atoms with van der Waals surface area (Å²) in [4.78, 5) is 25.3. The van der Waals surface area contributed by atoms with Crippen molar-refractivity contribution in [2.75, 3.05) is 30.7 Å². The first-order valence-corrected chi connectivity index (χ1v) is 9.25. The minimum atomic E-state index is -3.33. The zero-order valence-electron chi connectivity index (χ0n) is 12.8. The van der Waals surface area contributed by atoms with Crippen LogP contribution in [-0.4, -0.2) is 61.6 Å². The minimum Gasteiger partial charge on any atom is -0.449 e. The maximum absolute atomic E-state index is 12.0. The van der Waals surface area contributed by atoms with Crippen LogP contribution >= 0.6 is 11.6 Å². The Labute approximate surface area is 134 Å². The summed E-state index contributed by atoms with van der Waals surface area (Å²) < 4.78 is 33.8. The number of esters is 1. The number of carbonyl (C=O) groups excluding carboxylic acids is 2. The lowest BCUT2D eigenvalue weighted by atomic mass is 9.72. The van der Waals surface area contributed by atoms with Crippen LogP contribution in [0.15, 0.2) is 0 Å². The average Bonchev–Trinajstić information content (AvgIpc) is 2.57. The first-order chi connectivity index (χ1) is 9.98. The molecular weight excluding hydrogens is 334 g/mol. The van der Waals surface area contributed by atoms with Gasteiger partial charge in [-0.15, -0.1) is 0 Å². The molecule has 2 heterocycles. The summed E-state index contributed by atoms with van der Waals surface area (Å²) in [6.45, 7) is 5.59. The molecule has 1 unspecified atom stereocenters. The highest BCUT2D eigenvalue weighted by Crippen LogP contribution is 2.46. The summed E-state index contributed by atoms with van der Waals surface area (Å²) in [5.41, 5.74) is -1.41. The summed E-state index contributed by atoms with van der Waals surface area (Å²) in [7, 11) is -3.33. The van der Waals surface area contributed by atoms with Gasteiger partial charge in [0.2, 0.25) is 0 Å². The zero-order chi connectivity index (χ0) is 16.8. The van der Waals surface area contributed by atoms with Crippen LogP contribution in [0.3, 0.4) is 0 Å². The normalized spacial score (nSPS) is 25.6. The fourth-order valence-electron chi connectivity index (χ4n) is 2.98. The van der Waals surface area contributed by atoms with E-state index in [-0.39, 0.29) is 30.7 Å². The van der Waals surface area contributed by atoms with Crippen molar-refractivity contribution in [3.63, 3.8) is 0 Å². The second-order valence-corrected chi connectivity index (χ2v) is 9.21. The maximum Gasteiger partial charge on any atom is 0.410 e. The van der Waals surface area contributed by atoms with E-state index in [1.807, 2.05) is 0 Å². The summed E-state index contributed by atoms with van der Waals surface area (Å²) in [6, 6.07) is -0.318. The zero-order valence-corrected chi connectivity index (χ0v) is 14.4. The van der Waals surface area contributed by atoms with Gasteiger partial charge in [-0.3, -0.25) is 4.79 Å². The maximum atomic E-state index is 12.0. The quantitative estimate of drug-likeness (QED) is 0.543. The van der Waals surface area contributed by atoms with Gasteiger partial charge >= 0.3 is 12.1 Å². The lowest BCUT2D eigenvalue weighted by molar-refractivity contribution is -0.154. The van der Waals surface area contributed by atoms with Crippen molar-refractivity contribution in [3.05, 3.63) is 0 Å². The number of halogens is 1. The second-order valence-electron chi connectivity index (χ2n) is 6.88. The summed E-state index contributed by atoms with van der Waals surface area (Å²) in [6.07, 6.45) is -0.508. The second kappa shape index (κ2) is 5.56. The number of hydrogen-bond acceptors (Lipinski definition) is 6. The van der Waals surface area contributed by atoms with Gasteiger partial charge in [-0.05, 0) is 20.8 Å². The highest BCUT2D eigenvalue weighted by molar-refractivity contribution is 7.91. The molecule has 2 rings (SSSR count). The largest absolute Gasteiger partial charge is 0.449 e. The summed E-state index contributed by atoms with van der Waals surface area (Å²) >= 11 is 5.37. The number of nitrogens with zero attached hydrogens (tertiary/aromatic N) is 1. The molecule has 0 bridgehead atoms. The molecule has 7 nitrogen and oxygen atoms in total. The van der Waals surface area contributed by atoms with Crippen LogP contribution in [0.4, 0.5) is 4.79 Å². The molecule has 1 atom stereocenters. The van der Waals surface area contributed by atoms with E-state index in [2.05, 4.69) is 0 Å². The van der Waals surface area contributed by atoms with E-state index >= 15 is 0 Å². The van der Waals surface area contributed by atoms with Gasteiger partial charge < -0.3 is 14.4 Å². The van der Waals surface area contributed by atoms with Crippen LogP contribution in [0.2, 0.25) is 0 Å². The molecule has 9 heteroatoms. The Hall–Kier alpha value is -1.02. The van der Waals surface area contributed by atoms with Crippen molar-refractivity contribution in [2.24, 2.45) is 11.3 Å². The molecule has 2 aliphatic heterocycles. The minimum absolute atomic E-state index is 0.124. The van der Waals surface area contributed by atoms with E-state index in [0.717, 1.165) is 0 Å². The Morgan fingerprint density at radius 3 is 2.41 bits per heavy atom. The third-order valence-electron chi connectivity index (χ3n) is 3.81. The highest BCUT2D eigenvalue weighted by atomic mass is 35.5. The Balaban J connectivity index is 2.08. The van der Waals surface area contributed by atoms with Crippen LogP contribution in [0.25, 0.3) is 0 Å². The number of likely N-dealkylation sites (tertiary alicyclic amines) is 1. The molecule has 0 aromatic rings. The third kappa shape index (κ3) is 3.48. The van der Waals surface area contributed by atoms with Crippen LogP contribution in [-0.2, 0) is 24.1 Å². The average molecular weight is 354 g/mol. The van der Waals surface area contributed by atoms with E-state index in [4.69, 9.17) is 21.1 Å². The molecule has 0 N–H and O–H groups in total. The number of alkyl halides is 1. The van der Waals surface area contributed by atoms with E-state index in [9.17, 15) is 18.0 Å². The van der Waals surface area contributed by atoms with Gasteiger partial charge in [0.15, 0.2) is 15.9 Å². The van der Waals surface area contributed by atoms with Gasteiger partial charge in [0, 0.05) is 18.5 Å². The topological polar surface area (TPSA) is 90.0 Å². The fourth-order valence-corrected chi connectivity index (χ4v) is 5.46. The van der Waals surface area contributed by atoms with Crippen molar-refractivity contribution in [1.29, 1.82) is 0 Å². The van der Waals surface area contributed by atoms with E-state index in [1.165, 1.54) is 4.90 Å². The number of carbonyl (C=O) groups is 2. The molecule has 0 radical (unpaired) electrons. The molecule has 2 fully saturated rings. The van der Waals surface area contributed by atoms with Gasteiger partial charge in [0.25, 0.3) is 0 Å². The number of sulfone groups is 1. The van der Waals surface area contributed by atoms with Crippen molar-refractivity contribution in [2.45, 2.75) is 26.4 Å². The smallest absolute Gasteiger partial charge is 0.410 e. The number of hydrogen-bond donors (Lipinski definition) is 0. The standard InChI is InChI=1S/C13H20ClNO6S/c1-12(2,3)21-11(17)15-5-13(6-15)7-22(18,19)4-9(13)10(16)20-8-14/h9H,4-8H2,1-3H3. The van der Waals surface area contributed by atoms with Crippen LogP contribution < -0.4 is 0 Å². The third-order valence-corrected chi connectivity index (χ3v) is 5.78. The first kappa shape index (κ1) is 17.3. The van der Waals surface area contributed by atoms with Crippen molar-refractivity contribution in [1.82, 2.24) is 4.90 Å². The molecule has 1 spiro atoms. The molecule has 2 aliphatic rings. The van der Waals surface area contributed by atoms with Gasteiger partial charge in [-0.25, -0.2) is 13.2 Å². The predicted molar refractivity (Wildman–Crippen MR) is 79.2 cm³/mol. The Kier molecular flexibility index (Phi) is 4.38. The van der Waals surface area contributed by atoms with Gasteiger partial charge in [-0.1, -0.05) is 11.6 Å². The lowest BCUT2D eigenvalue weighted by Gasteiger charge is -2.49. The van der Waals surface area contributed by atoms with Crippen LogP contribution in [0.1, 0.15) is 20.8 Å².